The third-order valence-corrected chi connectivity index (χ3v) is 4.53. The Morgan fingerprint density at radius 3 is 2.89 bits per heavy atom. The number of hydrogen-bond donors (Lipinski definition) is 2. The molecule has 0 spiro atoms. The molecule has 0 saturated carbocycles. The molecular weight excluding hydrogens is 268 g/mol. The molecule has 2 heterocycles. The Kier molecular flexibility index (Phi) is 5.63. The first-order chi connectivity index (χ1) is 8.10. The van der Waals surface area contributed by atoms with E-state index in [4.69, 9.17) is 0 Å². The molecule has 5 heteroatoms. The molecule has 1 aliphatic rings. The molecule has 0 aromatic carbocycles. The van der Waals surface area contributed by atoms with Crippen LogP contribution < -0.4 is 10.6 Å². The number of thiophene rings is 1. The smallest absolute Gasteiger partial charge is 0.231 e. The molecule has 1 aliphatic heterocycles. The number of amides is 1. The molecule has 2 N–H and O–H groups in total. The van der Waals surface area contributed by atoms with E-state index in [0.717, 1.165) is 30.8 Å². The summed E-state index contributed by atoms with van der Waals surface area (Å²) in [6, 6.07) is 4.32. The standard InChI is InChI=1S/C13H20N2OS.ClH/c1-13(2,11-6-4-8-17-11)12(16)15-10-5-3-7-14-9-10;/h4,6,8,10,14H,3,5,7,9H2,1-2H3,(H,15,16);1H. The van der Waals surface area contributed by atoms with Crippen molar-refractivity contribution in [1.82, 2.24) is 10.6 Å². The van der Waals surface area contributed by atoms with Gasteiger partial charge in [-0.3, -0.25) is 4.79 Å². The molecule has 1 fully saturated rings. The lowest BCUT2D eigenvalue weighted by Gasteiger charge is -2.29. The number of carbonyl (C=O) groups is 1. The van der Waals surface area contributed by atoms with E-state index in [2.05, 4.69) is 10.6 Å². The van der Waals surface area contributed by atoms with Crippen LogP contribution in [0.25, 0.3) is 0 Å². The number of nitrogens with one attached hydrogen (secondary N) is 2. The van der Waals surface area contributed by atoms with Gasteiger partial charge in [-0.05, 0) is 44.7 Å². The maximum Gasteiger partial charge on any atom is 0.231 e. The SMILES string of the molecule is CC(C)(C(=O)NC1CCCNC1)c1cccs1.Cl. The van der Waals surface area contributed by atoms with Gasteiger partial charge < -0.3 is 10.6 Å². The predicted molar refractivity (Wildman–Crippen MR) is 78.6 cm³/mol. The van der Waals surface area contributed by atoms with Gasteiger partial charge in [0.05, 0.1) is 5.41 Å². The summed E-state index contributed by atoms with van der Waals surface area (Å²) in [6.07, 6.45) is 2.23. The molecule has 1 aromatic heterocycles. The first kappa shape index (κ1) is 15.5. The fourth-order valence-corrected chi connectivity index (χ4v) is 2.94. The van der Waals surface area contributed by atoms with Crippen LogP contribution in [0.4, 0.5) is 0 Å². The molecule has 1 unspecified atom stereocenters. The first-order valence-electron chi connectivity index (χ1n) is 6.16. The zero-order chi connectivity index (χ0) is 12.3. The van der Waals surface area contributed by atoms with Crippen molar-refractivity contribution in [2.24, 2.45) is 0 Å². The van der Waals surface area contributed by atoms with Crippen molar-refractivity contribution in [3.8, 4) is 0 Å². The van der Waals surface area contributed by atoms with E-state index in [1.54, 1.807) is 11.3 Å². The maximum atomic E-state index is 12.3. The average Bonchev–Trinajstić information content (AvgIpc) is 2.84. The lowest BCUT2D eigenvalue weighted by Crippen LogP contribution is -2.50. The van der Waals surface area contributed by atoms with Crippen LogP contribution in [0, 0.1) is 0 Å². The van der Waals surface area contributed by atoms with Gasteiger partial charge in [0.1, 0.15) is 0 Å². The molecule has 3 nitrogen and oxygen atoms in total. The monoisotopic (exact) mass is 288 g/mol. The highest BCUT2D eigenvalue weighted by molar-refractivity contribution is 7.10. The van der Waals surface area contributed by atoms with E-state index in [1.807, 2.05) is 31.4 Å². The van der Waals surface area contributed by atoms with E-state index >= 15 is 0 Å². The van der Waals surface area contributed by atoms with E-state index in [-0.39, 0.29) is 24.4 Å². The lowest BCUT2D eigenvalue weighted by atomic mass is 9.89. The highest BCUT2D eigenvalue weighted by Gasteiger charge is 2.32. The van der Waals surface area contributed by atoms with Crippen LogP contribution in [0.5, 0.6) is 0 Å². The van der Waals surface area contributed by atoms with Gasteiger partial charge in [0.25, 0.3) is 0 Å². The Hall–Kier alpha value is -0.580. The van der Waals surface area contributed by atoms with Crippen LogP contribution >= 0.6 is 23.7 Å². The van der Waals surface area contributed by atoms with Crippen molar-refractivity contribution in [2.75, 3.05) is 13.1 Å². The van der Waals surface area contributed by atoms with E-state index in [9.17, 15) is 4.79 Å². The molecular formula is C13H21ClN2OS. The normalized spacial score (nSPS) is 20.0. The quantitative estimate of drug-likeness (QED) is 0.896. The second kappa shape index (κ2) is 6.55. The van der Waals surface area contributed by atoms with Gasteiger partial charge >= 0.3 is 0 Å². The maximum absolute atomic E-state index is 12.3. The molecule has 18 heavy (non-hydrogen) atoms. The second-order valence-electron chi connectivity index (χ2n) is 5.12. The lowest BCUT2D eigenvalue weighted by molar-refractivity contribution is -0.126. The summed E-state index contributed by atoms with van der Waals surface area (Å²) in [6.45, 7) is 5.95. The van der Waals surface area contributed by atoms with Crippen LogP contribution in [0.15, 0.2) is 17.5 Å². The molecule has 0 bridgehead atoms. The molecule has 1 aromatic rings. The van der Waals surface area contributed by atoms with Gasteiger partial charge in [-0.15, -0.1) is 23.7 Å². The summed E-state index contributed by atoms with van der Waals surface area (Å²) in [4.78, 5) is 13.4. The minimum absolute atomic E-state index is 0. The Bertz CT molecular complexity index is 372. The van der Waals surface area contributed by atoms with Gasteiger partial charge in [-0.2, -0.15) is 0 Å². The summed E-state index contributed by atoms with van der Waals surface area (Å²) in [5, 5.41) is 8.49. The molecule has 2 rings (SSSR count). The number of carbonyl (C=O) groups excluding carboxylic acids is 1. The summed E-state index contributed by atoms with van der Waals surface area (Å²) in [7, 11) is 0. The van der Waals surface area contributed by atoms with Crippen LogP contribution in [0.1, 0.15) is 31.6 Å². The minimum atomic E-state index is -0.425. The summed E-state index contributed by atoms with van der Waals surface area (Å²) < 4.78 is 0. The van der Waals surface area contributed by atoms with Crippen molar-refractivity contribution in [3.05, 3.63) is 22.4 Å². The molecule has 0 radical (unpaired) electrons. The van der Waals surface area contributed by atoms with Gasteiger partial charge in [-0.25, -0.2) is 0 Å². The van der Waals surface area contributed by atoms with Gasteiger partial charge in [0, 0.05) is 17.5 Å². The third kappa shape index (κ3) is 3.46. The van der Waals surface area contributed by atoms with Crippen molar-refractivity contribution < 1.29 is 4.79 Å². The van der Waals surface area contributed by atoms with Gasteiger partial charge in [0.15, 0.2) is 0 Å². The molecule has 0 aliphatic carbocycles. The number of rotatable bonds is 3. The predicted octanol–water partition coefficient (Wildman–Crippen LogP) is 2.32. The Labute approximate surface area is 119 Å². The molecule has 1 atom stereocenters. The number of hydrogen-bond acceptors (Lipinski definition) is 3. The van der Waals surface area contributed by atoms with Crippen LogP contribution in [-0.2, 0) is 10.2 Å². The third-order valence-electron chi connectivity index (χ3n) is 3.34. The average molecular weight is 289 g/mol. The van der Waals surface area contributed by atoms with Gasteiger partial charge in [-0.1, -0.05) is 6.07 Å². The number of halogens is 1. The highest BCUT2D eigenvalue weighted by atomic mass is 35.5. The van der Waals surface area contributed by atoms with Crippen molar-refractivity contribution >= 4 is 29.7 Å². The second-order valence-corrected chi connectivity index (χ2v) is 6.07. The Morgan fingerprint density at radius 1 is 1.56 bits per heavy atom. The van der Waals surface area contributed by atoms with E-state index in [1.165, 1.54) is 0 Å². The molecule has 1 amide bonds. The first-order valence-corrected chi connectivity index (χ1v) is 7.04. The van der Waals surface area contributed by atoms with E-state index < -0.39 is 5.41 Å². The zero-order valence-corrected chi connectivity index (χ0v) is 12.5. The summed E-state index contributed by atoms with van der Waals surface area (Å²) in [5.41, 5.74) is -0.425. The highest BCUT2D eigenvalue weighted by Crippen LogP contribution is 2.27. The van der Waals surface area contributed by atoms with Crippen molar-refractivity contribution in [1.29, 1.82) is 0 Å². The van der Waals surface area contributed by atoms with Crippen LogP contribution in [0.2, 0.25) is 0 Å². The summed E-state index contributed by atoms with van der Waals surface area (Å²) in [5.74, 6) is 0.133. The van der Waals surface area contributed by atoms with Crippen molar-refractivity contribution in [3.63, 3.8) is 0 Å². The fourth-order valence-electron chi connectivity index (χ4n) is 2.09. The Morgan fingerprint density at radius 2 is 2.33 bits per heavy atom. The topological polar surface area (TPSA) is 41.1 Å². The van der Waals surface area contributed by atoms with Crippen LogP contribution in [0.3, 0.4) is 0 Å². The van der Waals surface area contributed by atoms with Crippen molar-refractivity contribution in [2.45, 2.75) is 38.1 Å². The number of piperidine rings is 1. The largest absolute Gasteiger partial charge is 0.351 e. The summed E-state index contributed by atoms with van der Waals surface area (Å²) >= 11 is 1.64. The van der Waals surface area contributed by atoms with Gasteiger partial charge in [0.2, 0.25) is 5.91 Å². The molecule has 1 saturated heterocycles. The minimum Gasteiger partial charge on any atom is -0.351 e. The zero-order valence-electron chi connectivity index (χ0n) is 10.9. The van der Waals surface area contributed by atoms with Crippen LogP contribution in [-0.4, -0.2) is 25.0 Å². The van der Waals surface area contributed by atoms with E-state index in [0.29, 0.717) is 0 Å². The Balaban J connectivity index is 0.00000162. The molecule has 102 valence electrons. The fraction of sp³-hybridized carbons (Fsp3) is 0.615.